The highest BCUT2D eigenvalue weighted by molar-refractivity contribution is 8.00. The fourth-order valence-corrected chi connectivity index (χ4v) is 4.84. The van der Waals surface area contributed by atoms with Gasteiger partial charge in [0.25, 0.3) is 5.56 Å². The van der Waals surface area contributed by atoms with E-state index in [-0.39, 0.29) is 5.56 Å². The van der Waals surface area contributed by atoms with Crippen molar-refractivity contribution in [2.24, 2.45) is 5.73 Å². The van der Waals surface area contributed by atoms with Gasteiger partial charge in [0.15, 0.2) is 5.16 Å². The van der Waals surface area contributed by atoms with Gasteiger partial charge in [-0.2, -0.15) is 0 Å². The van der Waals surface area contributed by atoms with Gasteiger partial charge in [0, 0.05) is 11.4 Å². The number of rotatable bonds is 6. The number of primary amides is 1. The molecule has 2 N–H and O–H groups in total. The molecule has 2 aromatic heterocycles. The molecule has 7 heteroatoms. The van der Waals surface area contributed by atoms with Crippen LogP contribution in [0.3, 0.4) is 0 Å². The summed E-state index contributed by atoms with van der Waals surface area (Å²) in [6.45, 7) is 7.95. The van der Waals surface area contributed by atoms with Crippen LogP contribution in [-0.4, -0.2) is 15.5 Å². The van der Waals surface area contributed by atoms with Crippen molar-refractivity contribution in [1.29, 1.82) is 0 Å². The number of amides is 1. The molecule has 1 amide bonds. The molecule has 26 heavy (non-hydrogen) atoms. The van der Waals surface area contributed by atoms with Gasteiger partial charge >= 0.3 is 0 Å². The van der Waals surface area contributed by atoms with E-state index in [4.69, 9.17) is 5.73 Å². The maximum atomic E-state index is 13.0. The highest BCUT2D eigenvalue weighted by Gasteiger charge is 2.24. The Labute approximate surface area is 159 Å². The van der Waals surface area contributed by atoms with Crippen molar-refractivity contribution in [2.45, 2.75) is 30.8 Å². The van der Waals surface area contributed by atoms with Crippen LogP contribution in [-0.2, 0) is 11.3 Å². The van der Waals surface area contributed by atoms with Crippen molar-refractivity contribution in [3.8, 4) is 0 Å². The minimum Gasteiger partial charge on any atom is -0.368 e. The number of carbonyl (C=O) groups excluding carboxylic acids is 1. The molecule has 0 aliphatic carbocycles. The highest BCUT2D eigenvalue weighted by atomic mass is 32.2. The van der Waals surface area contributed by atoms with Crippen LogP contribution in [0.5, 0.6) is 0 Å². The Kier molecular flexibility index (Phi) is 5.29. The lowest BCUT2D eigenvalue weighted by molar-refractivity contribution is -0.117. The van der Waals surface area contributed by atoms with Crippen LogP contribution in [0.2, 0.25) is 0 Å². The van der Waals surface area contributed by atoms with Gasteiger partial charge in [-0.1, -0.05) is 48.2 Å². The van der Waals surface area contributed by atoms with Crippen LogP contribution in [0.15, 0.2) is 52.9 Å². The molecule has 3 rings (SSSR count). The number of aromatic nitrogens is 2. The second kappa shape index (κ2) is 7.47. The van der Waals surface area contributed by atoms with Gasteiger partial charge in [-0.05, 0) is 25.0 Å². The molecule has 0 bridgehead atoms. The number of nitrogens with zero attached hydrogens (tertiary/aromatic N) is 2. The summed E-state index contributed by atoms with van der Waals surface area (Å²) in [5, 5.41) is 0.476. The van der Waals surface area contributed by atoms with Gasteiger partial charge in [-0.3, -0.25) is 14.2 Å². The Morgan fingerprint density at radius 2 is 2.08 bits per heavy atom. The lowest BCUT2D eigenvalue weighted by atomic mass is 10.1. The third-order valence-corrected chi connectivity index (χ3v) is 6.51. The quantitative estimate of drug-likeness (QED) is 0.400. The summed E-state index contributed by atoms with van der Waals surface area (Å²) >= 11 is 2.68. The lowest BCUT2D eigenvalue weighted by Crippen LogP contribution is -2.25. The molecule has 0 spiro atoms. The topological polar surface area (TPSA) is 78.0 Å². The zero-order chi connectivity index (χ0) is 18.8. The minimum absolute atomic E-state index is 0.115. The number of hydrogen-bond acceptors (Lipinski definition) is 5. The van der Waals surface area contributed by atoms with Crippen LogP contribution in [0.4, 0.5) is 0 Å². The van der Waals surface area contributed by atoms with Crippen molar-refractivity contribution in [3.63, 3.8) is 0 Å². The molecule has 0 saturated heterocycles. The molecule has 1 unspecified atom stereocenters. The van der Waals surface area contributed by atoms with Gasteiger partial charge < -0.3 is 5.73 Å². The molecule has 1 atom stereocenters. The van der Waals surface area contributed by atoms with E-state index >= 15 is 0 Å². The van der Waals surface area contributed by atoms with E-state index in [0.29, 0.717) is 21.9 Å². The number of aryl methyl sites for hydroxylation is 2. The van der Waals surface area contributed by atoms with E-state index in [2.05, 4.69) is 11.6 Å². The van der Waals surface area contributed by atoms with E-state index in [1.807, 2.05) is 44.2 Å². The summed E-state index contributed by atoms with van der Waals surface area (Å²) in [6.07, 6.45) is 1.65. The Morgan fingerprint density at radius 3 is 2.69 bits per heavy atom. The van der Waals surface area contributed by atoms with Gasteiger partial charge in [-0.15, -0.1) is 17.9 Å². The summed E-state index contributed by atoms with van der Waals surface area (Å²) in [5.41, 5.74) is 7.24. The Morgan fingerprint density at radius 1 is 1.38 bits per heavy atom. The Balaban J connectivity index is 2.16. The van der Waals surface area contributed by atoms with Crippen LogP contribution >= 0.6 is 23.1 Å². The molecule has 0 aliphatic rings. The molecule has 3 aromatic rings. The summed E-state index contributed by atoms with van der Waals surface area (Å²) in [7, 11) is 0. The molecule has 1 aromatic carbocycles. The minimum atomic E-state index is -0.626. The number of benzene rings is 1. The fourth-order valence-electron chi connectivity index (χ4n) is 2.71. The predicted molar refractivity (Wildman–Crippen MR) is 108 cm³/mol. The van der Waals surface area contributed by atoms with Crippen molar-refractivity contribution < 1.29 is 4.79 Å². The second-order valence-corrected chi connectivity index (χ2v) is 8.15. The van der Waals surface area contributed by atoms with Crippen molar-refractivity contribution >= 4 is 39.2 Å². The fraction of sp³-hybridized carbons (Fsp3) is 0.211. The van der Waals surface area contributed by atoms with Gasteiger partial charge in [0.1, 0.15) is 10.1 Å². The number of nitrogens with two attached hydrogens (primary N) is 1. The zero-order valence-electron chi connectivity index (χ0n) is 14.6. The molecule has 5 nitrogen and oxygen atoms in total. The second-order valence-electron chi connectivity index (χ2n) is 5.87. The maximum absolute atomic E-state index is 13.0. The number of hydrogen-bond donors (Lipinski definition) is 1. The van der Waals surface area contributed by atoms with Gasteiger partial charge in [-0.25, -0.2) is 4.98 Å². The molecule has 0 saturated carbocycles. The average Bonchev–Trinajstić information content (AvgIpc) is 2.90. The number of carbonyl (C=O) groups is 1. The third-order valence-electron chi connectivity index (χ3n) is 4.15. The average molecular weight is 386 g/mol. The highest BCUT2D eigenvalue weighted by Crippen LogP contribution is 2.35. The van der Waals surface area contributed by atoms with Crippen molar-refractivity contribution in [3.05, 3.63) is 69.3 Å². The monoisotopic (exact) mass is 385 g/mol. The molecule has 0 aliphatic heterocycles. The first-order chi connectivity index (χ1) is 12.4. The normalized spacial score (nSPS) is 12.2. The smallest absolute Gasteiger partial charge is 0.263 e. The van der Waals surface area contributed by atoms with E-state index in [0.717, 1.165) is 16.0 Å². The van der Waals surface area contributed by atoms with Crippen LogP contribution in [0, 0.1) is 13.8 Å². The van der Waals surface area contributed by atoms with Gasteiger partial charge in [0.05, 0.1) is 5.39 Å². The largest absolute Gasteiger partial charge is 0.368 e. The first kappa shape index (κ1) is 18.4. The summed E-state index contributed by atoms with van der Waals surface area (Å²) < 4.78 is 1.55. The number of thiophene rings is 1. The summed E-state index contributed by atoms with van der Waals surface area (Å²) in [4.78, 5) is 31.5. The van der Waals surface area contributed by atoms with Crippen LogP contribution < -0.4 is 11.3 Å². The standard InChI is InChI=1S/C19H19N3O2S2/c1-4-10-22-18(24)14-11(2)12(3)25-17(14)21-19(22)26-15(16(20)23)13-8-6-5-7-9-13/h4-9,15H,1,10H2,2-3H3,(H2,20,23). The first-order valence-electron chi connectivity index (χ1n) is 8.06. The van der Waals surface area contributed by atoms with Crippen molar-refractivity contribution in [1.82, 2.24) is 9.55 Å². The van der Waals surface area contributed by atoms with Crippen LogP contribution in [0.25, 0.3) is 10.2 Å². The lowest BCUT2D eigenvalue weighted by Gasteiger charge is -2.16. The number of thioether (sulfide) groups is 1. The zero-order valence-corrected chi connectivity index (χ0v) is 16.2. The molecule has 0 fully saturated rings. The third kappa shape index (κ3) is 3.32. The molecule has 134 valence electrons. The Bertz CT molecular complexity index is 1040. The van der Waals surface area contributed by atoms with E-state index in [9.17, 15) is 9.59 Å². The Hall–Kier alpha value is -2.38. The maximum Gasteiger partial charge on any atom is 0.263 e. The van der Waals surface area contributed by atoms with E-state index in [1.54, 1.807) is 10.6 Å². The molecular formula is C19H19N3O2S2. The summed E-state index contributed by atoms with van der Waals surface area (Å²) in [5.74, 6) is -0.473. The predicted octanol–water partition coefficient (Wildman–Crippen LogP) is 3.58. The SMILES string of the molecule is C=CCn1c(SC(C(N)=O)c2ccccc2)nc2sc(C)c(C)c2c1=O. The molecule has 2 heterocycles. The van der Waals surface area contributed by atoms with Crippen LogP contribution in [0.1, 0.15) is 21.3 Å². The first-order valence-corrected chi connectivity index (χ1v) is 9.76. The van der Waals surface area contributed by atoms with E-state index < -0.39 is 11.2 Å². The van der Waals surface area contributed by atoms with Crippen molar-refractivity contribution in [2.75, 3.05) is 0 Å². The number of fused-ring (bicyclic) bond motifs is 1. The molecule has 0 radical (unpaired) electrons. The van der Waals surface area contributed by atoms with Gasteiger partial charge in [0.2, 0.25) is 5.91 Å². The van der Waals surface area contributed by atoms with E-state index in [1.165, 1.54) is 23.1 Å². The number of allylic oxidation sites excluding steroid dienone is 1. The molecular weight excluding hydrogens is 366 g/mol. The summed E-state index contributed by atoms with van der Waals surface area (Å²) in [6, 6.07) is 9.27.